The number of morpholine rings is 1. The van der Waals surface area contributed by atoms with Crippen LogP contribution in [0.3, 0.4) is 0 Å². The molecule has 1 aliphatic rings. The number of aryl methyl sites for hydroxylation is 1. The summed E-state index contributed by atoms with van der Waals surface area (Å²) in [5.41, 5.74) is 5.95. The minimum Gasteiger partial charge on any atom is -0.379 e. The molecule has 1 saturated heterocycles. The number of nitrogens with zero attached hydrogens (tertiary/aromatic N) is 1. The Morgan fingerprint density at radius 1 is 1.05 bits per heavy atom. The van der Waals surface area contributed by atoms with Crippen molar-refractivity contribution in [3.63, 3.8) is 0 Å². The standard InChI is InChI=1S/C13H19NO.C2H6.CH5N/c1-2-5-13(6-3-1)7-4-8-14-9-11-15-12-10-14;2*1-2/h1-3,5-6H,4,7-12H2;1-2H3;2H2,1H3. The van der Waals surface area contributed by atoms with Gasteiger partial charge < -0.3 is 10.5 Å². The molecule has 0 aliphatic carbocycles. The summed E-state index contributed by atoms with van der Waals surface area (Å²) in [6.45, 7) is 9.23. The summed E-state index contributed by atoms with van der Waals surface area (Å²) in [5, 5.41) is 0. The Bertz CT molecular complexity index is 271. The van der Waals surface area contributed by atoms with E-state index in [2.05, 4.69) is 41.0 Å². The summed E-state index contributed by atoms with van der Waals surface area (Å²) >= 11 is 0. The Hall–Kier alpha value is -0.900. The normalized spacial score (nSPS) is 14.7. The zero-order chi connectivity index (χ0) is 14.3. The van der Waals surface area contributed by atoms with E-state index in [1.807, 2.05) is 13.8 Å². The highest BCUT2D eigenvalue weighted by Gasteiger charge is 2.08. The van der Waals surface area contributed by atoms with Gasteiger partial charge in [-0.15, -0.1) is 0 Å². The van der Waals surface area contributed by atoms with Gasteiger partial charge in [0, 0.05) is 13.1 Å². The lowest BCUT2D eigenvalue weighted by molar-refractivity contribution is 0.0375. The van der Waals surface area contributed by atoms with Crippen molar-refractivity contribution in [1.29, 1.82) is 0 Å². The molecule has 1 fully saturated rings. The van der Waals surface area contributed by atoms with Crippen molar-refractivity contribution in [2.45, 2.75) is 26.7 Å². The molecule has 110 valence electrons. The predicted octanol–water partition coefficient (Wildman–Crippen LogP) is 2.55. The molecule has 1 aliphatic heterocycles. The summed E-state index contributed by atoms with van der Waals surface area (Å²) < 4.78 is 5.32. The lowest BCUT2D eigenvalue weighted by Gasteiger charge is -2.26. The van der Waals surface area contributed by atoms with E-state index in [0.29, 0.717) is 0 Å². The number of hydrogen-bond donors (Lipinski definition) is 1. The zero-order valence-corrected chi connectivity index (χ0v) is 12.8. The molecule has 19 heavy (non-hydrogen) atoms. The van der Waals surface area contributed by atoms with Crippen LogP contribution in [0, 0.1) is 0 Å². The van der Waals surface area contributed by atoms with Crippen molar-refractivity contribution in [2.24, 2.45) is 5.73 Å². The highest BCUT2D eigenvalue weighted by Crippen LogP contribution is 2.04. The Morgan fingerprint density at radius 2 is 1.63 bits per heavy atom. The van der Waals surface area contributed by atoms with Gasteiger partial charge in [-0.05, 0) is 32.0 Å². The third-order valence-electron chi connectivity index (χ3n) is 2.89. The molecule has 2 rings (SSSR count). The van der Waals surface area contributed by atoms with Crippen LogP contribution in [-0.4, -0.2) is 44.8 Å². The summed E-state index contributed by atoms with van der Waals surface area (Å²) in [4.78, 5) is 2.49. The van der Waals surface area contributed by atoms with Gasteiger partial charge in [-0.1, -0.05) is 44.2 Å². The van der Waals surface area contributed by atoms with E-state index < -0.39 is 0 Å². The van der Waals surface area contributed by atoms with E-state index in [4.69, 9.17) is 4.74 Å². The zero-order valence-electron chi connectivity index (χ0n) is 12.8. The van der Waals surface area contributed by atoms with Crippen LogP contribution in [0.4, 0.5) is 0 Å². The predicted molar refractivity (Wildman–Crippen MR) is 83.5 cm³/mol. The number of benzene rings is 1. The molecule has 0 amide bonds. The summed E-state index contributed by atoms with van der Waals surface area (Å²) in [6, 6.07) is 10.7. The number of hydrogen-bond acceptors (Lipinski definition) is 3. The van der Waals surface area contributed by atoms with Crippen LogP contribution < -0.4 is 5.73 Å². The molecule has 0 aromatic heterocycles. The van der Waals surface area contributed by atoms with Crippen LogP contribution in [0.5, 0.6) is 0 Å². The van der Waals surface area contributed by atoms with Crippen molar-refractivity contribution >= 4 is 0 Å². The van der Waals surface area contributed by atoms with Crippen LogP contribution in [0.1, 0.15) is 25.8 Å². The third kappa shape index (κ3) is 8.76. The first-order valence-corrected chi connectivity index (χ1v) is 7.37. The van der Waals surface area contributed by atoms with E-state index in [1.54, 1.807) is 0 Å². The van der Waals surface area contributed by atoms with Gasteiger partial charge in [0.05, 0.1) is 13.2 Å². The maximum Gasteiger partial charge on any atom is 0.0594 e. The van der Waals surface area contributed by atoms with Crippen molar-refractivity contribution < 1.29 is 4.74 Å². The van der Waals surface area contributed by atoms with E-state index >= 15 is 0 Å². The first-order valence-electron chi connectivity index (χ1n) is 7.37. The van der Waals surface area contributed by atoms with Crippen LogP contribution in [0.2, 0.25) is 0 Å². The van der Waals surface area contributed by atoms with Crippen LogP contribution in [-0.2, 0) is 11.2 Å². The fraction of sp³-hybridized carbons (Fsp3) is 0.625. The molecule has 0 atom stereocenters. The molecule has 0 saturated carbocycles. The van der Waals surface area contributed by atoms with E-state index in [-0.39, 0.29) is 0 Å². The third-order valence-corrected chi connectivity index (χ3v) is 2.89. The molecule has 0 spiro atoms. The van der Waals surface area contributed by atoms with Crippen molar-refractivity contribution in [1.82, 2.24) is 4.90 Å². The maximum atomic E-state index is 5.32. The van der Waals surface area contributed by atoms with Crippen molar-refractivity contribution in [3.05, 3.63) is 35.9 Å². The van der Waals surface area contributed by atoms with Gasteiger partial charge in [0.2, 0.25) is 0 Å². The van der Waals surface area contributed by atoms with Crippen molar-refractivity contribution in [3.8, 4) is 0 Å². The summed E-state index contributed by atoms with van der Waals surface area (Å²) in [5.74, 6) is 0. The van der Waals surface area contributed by atoms with Gasteiger partial charge in [-0.3, -0.25) is 4.90 Å². The smallest absolute Gasteiger partial charge is 0.0594 e. The first-order chi connectivity index (χ1) is 9.45. The van der Waals surface area contributed by atoms with E-state index in [9.17, 15) is 0 Å². The highest BCUT2D eigenvalue weighted by atomic mass is 16.5. The second kappa shape index (κ2) is 13.5. The number of ether oxygens (including phenoxy) is 1. The SMILES string of the molecule is CC.CN.c1ccc(CCCN2CCOCC2)cc1. The molecule has 2 N–H and O–H groups in total. The van der Waals surface area contributed by atoms with E-state index in [1.165, 1.54) is 32.0 Å². The van der Waals surface area contributed by atoms with Gasteiger partial charge in [0.1, 0.15) is 0 Å². The first kappa shape index (κ1) is 18.1. The van der Waals surface area contributed by atoms with Crippen LogP contribution >= 0.6 is 0 Å². The number of nitrogens with two attached hydrogens (primary N) is 1. The van der Waals surface area contributed by atoms with Gasteiger partial charge in [-0.25, -0.2) is 0 Å². The Morgan fingerprint density at radius 3 is 2.21 bits per heavy atom. The fourth-order valence-electron chi connectivity index (χ4n) is 1.98. The van der Waals surface area contributed by atoms with E-state index in [0.717, 1.165) is 26.3 Å². The van der Waals surface area contributed by atoms with Gasteiger partial charge in [0.25, 0.3) is 0 Å². The Balaban J connectivity index is 0.000000741. The Labute approximate surface area is 118 Å². The molecule has 0 unspecified atom stereocenters. The summed E-state index contributed by atoms with van der Waals surface area (Å²) in [6.07, 6.45) is 2.45. The molecule has 3 heteroatoms. The second-order valence-corrected chi connectivity index (χ2v) is 4.04. The average Bonchev–Trinajstić information content (AvgIpc) is 2.53. The van der Waals surface area contributed by atoms with Crippen LogP contribution in [0.25, 0.3) is 0 Å². The molecular formula is C16H30N2O. The lowest BCUT2D eigenvalue weighted by Crippen LogP contribution is -2.36. The molecule has 1 aromatic rings. The van der Waals surface area contributed by atoms with Gasteiger partial charge in [-0.2, -0.15) is 0 Å². The maximum absolute atomic E-state index is 5.32. The minimum absolute atomic E-state index is 0.908. The van der Waals surface area contributed by atoms with Gasteiger partial charge >= 0.3 is 0 Å². The topological polar surface area (TPSA) is 38.5 Å². The molecule has 1 aromatic carbocycles. The quantitative estimate of drug-likeness (QED) is 0.910. The van der Waals surface area contributed by atoms with Gasteiger partial charge in [0.15, 0.2) is 0 Å². The van der Waals surface area contributed by atoms with Crippen LogP contribution in [0.15, 0.2) is 30.3 Å². The number of rotatable bonds is 4. The van der Waals surface area contributed by atoms with Crippen molar-refractivity contribution in [2.75, 3.05) is 39.9 Å². The molecule has 0 bridgehead atoms. The lowest BCUT2D eigenvalue weighted by atomic mass is 10.1. The average molecular weight is 266 g/mol. The molecule has 0 radical (unpaired) electrons. The highest BCUT2D eigenvalue weighted by molar-refractivity contribution is 5.14. The minimum atomic E-state index is 0.908. The summed E-state index contributed by atoms with van der Waals surface area (Å²) in [7, 11) is 1.50. The fourth-order valence-corrected chi connectivity index (χ4v) is 1.98. The molecular weight excluding hydrogens is 236 g/mol. The largest absolute Gasteiger partial charge is 0.379 e. The molecule has 1 heterocycles. The Kier molecular flexibility index (Phi) is 12.9. The monoisotopic (exact) mass is 266 g/mol. The second-order valence-electron chi connectivity index (χ2n) is 4.04. The molecule has 3 nitrogen and oxygen atoms in total.